The molecule has 2 aromatic carbocycles. The monoisotopic (exact) mass is 458 g/mol. The molecule has 4 aromatic rings. The Morgan fingerprint density at radius 3 is 2.45 bits per heavy atom. The van der Waals surface area contributed by atoms with Gasteiger partial charge in [-0.05, 0) is 36.4 Å². The number of anilines is 1. The molecule has 2 heterocycles. The largest absolute Gasteiger partial charge is 0.345 e. The summed E-state index contributed by atoms with van der Waals surface area (Å²) in [5.41, 5.74) is 2.61. The third-order valence-electron chi connectivity index (χ3n) is 4.74. The third kappa shape index (κ3) is 5.09. The van der Waals surface area contributed by atoms with Gasteiger partial charge < -0.3 is 10.2 Å². The van der Waals surface area contributed by atoms with Crippen LogP contribution in [0.15, 0.2) is 84.3 Å². The van der Waals surface area contributed by atoms with E-state index in [0.29, 0.717) is 22.2 Å². The second kappa shape index (κ2) is 10.1. The third-order valence-corrected chi connectivity index (χ3v) is 5.67. The lowest BCUT2D eigenvalue weighted by atomic mass is 10.1. The molecule has 0 spiro atoms. The molecule has 0 saturated heterocycles. The van der Waals surface area contributed by atoms with E-state index in [1.807, 2.05) is 47.0 Å². The molecule has 166 valence electrons. The maximum Gasteiger partial charge on any atom is 0.255 e. The highest BCUT2D eigenvalue weighted by molar-refractivity contribution is 7.99. The summed E-state index contributed by atoms with van der Waals surface area (Å²) >= 11 is 1.27. The zero-order valence-electron chi connectivity index (χ0n) is 18.2. The summed E-state index contributed by atoms with van der Waals surface area (Å²) in [5.74, 6) is 0.315. The summed E-state index contributed by atoms with van der Waals surface area (Å²) < 4.78 is 1.90. The van der Waals surface area contributed by atoms with Crippen molar-refractivity contribution in [1.82, 2.24) is 24.6 Å². The van der Waals surface area contributed by atoms with E-state index in [2.05, 4.69) is 20.5 Å². The summed E-state index contributed by atoms with van der Waals surface area (Å²) in [7, 11) is 3.35. The fourth-order valence-corrected chi connectivity index (χ4v) is 3.94. The van der Waals surface area contributed by atoms with Gasteiger partial charge in [0.15, 0.2) is 11.0 Å². The molecule has 0 fully saturated rings. The van der Waals surface area contributed by atoms with Crippen molar-refractivity contribution in [1.29, 1.82) is 0 Å². The van der Waals surface area contributed by atoms with E-state index in [1.165, 1.54) is 16.7 Å². The topological polar surface area (TPSA) is 93.0 Å². The Labute approximate surface area is 195 Å². The van der Waals surface area contributed by atoms with Crippen LogP contribution in [0.2, 0.25) is 0 Å². The van der Waals surface area contributed by atoms with E-state index in [-0.39, 0.29) is 17.6 Å². The molecule has 0 aliphatic carbocycles. The Morgan fingerprint density at radius 1 is 0.970 bits per heavy atom. The Balaban J connectivity index is 1.56. The van der Waals surface area contributed by atoms with Gasteiger partial charge in [0, 0.05) is 37.7 Å². The minimum atomic E-state index is -0.246. The molecule has 0 saturated carbocycles. The van der Waals surface area contributed by atoms with Crippen LogP contribution in [0, 0.1) is 0 Å². The lowest BCUT2D eigenvalue weighted by Crippen LogP contribution is -2.24. The molecule has 2 amide bonds. The molecule has 0 aliphatic rings. The highest BCUT2D eigenvalue weighted by Crippen LogP contribution is 2.27. The van der Waals surface area contributed by atoms with Crippen LogP contribution in [0.1, 0.15) is 10.4 Å². The summed E-state index contributed by atoms with van der Waals surface area (Å²) in [5, 5.41) is 12.1. The van der Waals surface area contributed by atoms with Gasteiger partial charge >= 0.3 is 0 Å². The predicted molar refractivity (Wildman–Crippen MR) is 128 cm³/mol. The maximum absolute atomic E-state index is 12.7. The standard InChI is InChI=1S/C24H22N6O2S/c1-29(2)23(32)19-12-6-7-13-20(19)26-21(31)16-33-24-28-27-22(17-9-8-14-25-15-17)30(24)18-10-4-3-5-11-18/h3-15H,16H2,1-2H3,(H,26,31). The van der Waals surface area contributed by atoms with E-state index in [0.717, 1.165) is 11.3 Å². The van der Waals surface area contributed by atoms with Crippen LogP contribution in [0.4, 0.5) is 5.69 Å². The van der Waals surface area contributed by atoms with Crippen molar-refractivity contribution < 1.29 is 9.59 Å². The van der Waals surface area contributed by atoms with Crippen molar-refractivity contribution in [3.05, 3.63) is 84.7 Å². The molecular weight excluding hydrogens is 436 g/mol. The van der Waals surface area contributed by atoms with E-state index >= 15 is 0 Å². The fourth-order valence-electron chi connectivity index (χ4n) is 3.19. The Hall–Kier alpha value is -3.98. The molecule has 0 atom stereocenters. The van der Waals surface area contributed by atoms with Gasteiger partial charge in [-0.1, -0.05) is 42.1 Å². The Kier molecular flexibility index (Phi) is 6.80. The lowest BCUT2D eigenvalue weighted by Gasteiger charge is -2.14. The zero-order valence-corrected chi connectivity index (χ0v) is 19.0. The fraction of sp³-hybridized carbons (Fsp3) is 0.125. The van der Waals surface area contributed by atoms with Crippen molar-refractivity contribution in [2.45, 2.75) is 5.16 Å². The number of hydrogen-bond acceptors (Lipinski definition) is 6. The number of aromatic nitrogens is 4. The van der Waals surface area contributed by atoms with E-state index in [1.54, 1.807) is 50.8 Å². The number of benzene rings is 2. The second-order valence-corrected chi connectivity index (χ2v) is 8.24. The summed E-state index contributed by atoms with van der Waals surface area (Å²) in [6.07, 6.45) is 3.43. The van der Waals surface area contributed by atoms with Crippen molar-refractivity contribution in [2.75, 3.05) is 25.2 Å². The maximum atomic E-state index is 12.7. The van der Waals surface area contributed by atoms with Gasteiger partial charge in [-0.3, -0.25) is 19.1 Å². The van der Waals surface area contributed by atoms with Crippen LogP contribution in [0.5, 0.6) is 0 Å². The summed E-state index contributed by atoms with van der Waals surface area (Å²) in [4.78, 5) is 30.8. The zero-order chi connectivity index (χ0) is 23.2. The first-order valence-electron chi connectivity index (χ1n) is 10.2. The van der Waals surface area contributed by atoms with Crippen LogP contribution in [-0.2, 0) is 4.79 Å². The van der Waals surface area contributed by atoms with Gasteiger partial charge in [-0.15, -0.1) is 10.2 Å². The van der Waals surface area contributed by atoms with Crippen molar-refractivity contribution in [3.63, 3.8) is 0 Å². The molecule has 0 bridgehead atoms. The van der Waals surface area contributed by atoms with Gasteiger partial charge in [0.1, 0.15) is 0 Å². The average molecular weight is 459 g/mol. The van der Waals surface area contributed by atoms with Crippen molar-refractivity contribution in [2.24, 2.45) is 0 Å². The molecule has 9 heteroatoms. The number of carbonyl (C=O) groups is 2. The van der Waals surface area contributed by atoms with E-state index in [9.17, 15) is 9.59 Å². The Bertz CT molecular complexity index is 1260. The number of nitrogens with zero attached hydrogens (tertiary/aromatic N) is 5. The lowest BCUT2D eigenvalue weighted by molar-refractivity contribution is -0.113. The van der Waals surface area contributed by atoms with Crippen LogP contribution in [0.3, 0.4) is 0 Å². The number of rotatable bonds is 7. The van der Waals surface area contributed by atoms with Crippen LogP contribution in [-0.4, -0.2) is 56.3 Å². The molecule has 1 N–H and O–H groups in total. The van der Waals surface area contributed by atoms with Gasteiger partial charge in [-0.25, -0.2) is 0 Å². The highest BCUT2D eigenvalue weighted by Gasteiger charge is 2.19. The smallest absolute Gasteiger partial charge is 0.255 e. The first-order chi connectivity index (χ1) is 16.0. The number of hydrogen-bond donors (Lipinski definition) is 1. The van der Waals surface area contributed by atoms with Gasteiger partial charge in [0.2, 0.25) is 5.91 Å². The second-order valence-electron chi connectivity index (χ2n) is 7.30. The first-order valence-corrected chi connectivity index (χ1v) is 11.2. The molecular formula is C24H22N6O2S. The molecule has 33 heavy (non-hydrogen) atoms. The number of pyridine rings is 1. The van der Waals surface area contributed by atoms with Crippen LogP contribution >= 0.6 is 11.8 Å². The van der Waals surface area contributed by atoms with Crippen LogP contribution in [0.25, 0.3) is 17.1 Å². The van der Waals surface area contributed by atoms with Crippen molar-refractivity contribution >= 4 is 29.3 Å². The number of amides is 2. The number of nitrogens with one attached hydrogen (secondary N) is 1. The Morgan fingerprint density at radius 2 is 1.73 bits per heavy atom. The summed E-state index contributed by atoms with van der Waals surface area (Å²) in [6.45, 7) is 0. The highest BCUT2D eigenvalue weighted by atomic mass is 32.2. The molecule has 8 nitrogen and oxygen atoms in total. The molecule has 0 radical (unpaired) electrons. The number of para-hydroxylation sites is 2. The quantitative estimate of drug-likeness (QED) is 0.424. The molecule has 0 unspecified atom stereocenters. The van der Waals surface area contributed by atoms with Crippen molar-refractivity contribution in [3.8, 4) is 17.1 Å². The molecule has 2 aromatic heterocycles. The minimum Gasteiger partial charge on any atom is -0.345 e. The predicted octanol–water partition coefficient (Wildman–Crippen LogP) is 3.76. The average Bonchev–Trinajstić information content (AvgIpc) is 3.28. The number of thioether (sulfide) groups is 1. The van der Waals surface area contributed by atoms with Gasteiger partial charge in [0.25, 0.3) is 5.91 Å². The van der Waals surface area contributed by atoms with Gasteiger partial charge in [0.05, 0.1) is 17.0 Å². The molecule has 0 aliphatic heterocycles. The van der Waals surface area contributed by atoms with Gasteiger partial charge in [-0.2, -0.15) is 0 Å². The van der Waals surface area contributed by atoms with E-state index < -0.39 is 0 Å². The molecule has 4 rings (SSSR count). The minimum absolute atomic E-state index is 0.0997. The normalized spacial score (nSPS) is 10.6. The SMILES string of the molecule is CN(C)C(=O)c1ccccc1NC(=O)CSc1nnc(-c2cccnc2)n1-c1ccccc1. The van der Waals surface area contributed by atoms with Crippen LogP contribution < -0.4 is 5.32 Å². The summed E-state index contributed by atoms with van der Waals surface area (Å²) in [6, 6.07) is 20.4. The van der Waals surface area contributed by atoms with E-state index in [4.69, 9.17) is 0 Å². The first kappa shape index (κ1) is 22.2. The number of carbonyl (C=O) groups excluding carboxylic acids is 2.